The molecule has 3 aromatic heterocycles. The van der Waals surface area contributed by atoms with Gasteiger partial charge in [0.1, 0.15) is 5.82 Å². The van der Waals surface area contributed by atoms with Crippen LogP contribution in [0.5, 0.6) is 0 Å². The number of rotatable bonds is 3. The normalized spacial score (nSPS) is 18.4. The van der Waals surface area contributed by atoms with Crippen LogP contribution in [-0.2, 0) is 4.74 Å². The number of hydrogen-bond acceptors (Lipinski definition) is 5. The summed E-state index contributed by atoms with van der Waals surface area (Å²) in [6.07, 6.45) is 2.70. The third kappa shape index (κ3) is 4.03. The van der Waals surface area contributed by atoms with Crippen molar-refractivity contribution in [2.24, 2.45) is 0 Å². The SMILES string of the molecule is Cc1nc2c(-c3ccc(Cl)cc3F)cc([C@H]3CCO[C@@H](c4ccc(=O)[nH]c4)C3)nn2c(=O)c1C. The summed E-state index contributed by atoms with van der Waals surface area (Å²) in [7, 11) is 0. The van der Waals surface area contributed by atoms with Gasteiger partial charge in [-0.15, -0.1) is 0 Å². The largest absolute Gasteiger partial charge is 0.373 e. The zero-order valence-electron chi connectivity index (χ0n) is 18.6. The Bertz CT molecular complexity index is 1510. The van der Waals surface area contributed by atoms with Gasteiger partial charge in [-0.25, -0.2) is 9.37 Å². The molecule has 1 saturated heterocycles. The molecule has 4 aromatic rings. The lowest BCUT2D eigenvalue weighted by Crippen LogP contribution is -2.25. The molecule has 0 aliphatic carbocycles. The summed E-state index contributed by atoms with van der Waals surface area (Å²) >= 11 is 5.97. The van der Waals surface area contributed by atoms with Gasteiger partial charge in [0, 0.05) is 52.2 Å². The molecule has 5 rings (SSSR count). The molecule has 1 fully saturated rings. The second-order valence-electron chi connectivity index (χ2n) is 8.54. The van der Waals surface area contributed by atoms with Crippen molar-refractivity contribution >= 4 is 17.2 Å². The minimum atomic E-state index is -0.503. The van der Waals surface area contributed by atoms with E-state index in [-0.39, 0.29) is 28.2 Å². The molecule has 0 saturated carbocycles. The molecular weight excluding hydrogens is 459 g/mol. The van der Waals surface area contributed by atoms with E-state index in [1.54, 1.807) is 38.2 Å². The Morgan fingerprint density at radius 2 is 1.97 bits per heavy atom. The maximum absolute atomic E-state index is 15.0. The van der Waals surface area contributed by atoms with Crippen LogP contribution in [0.15, 0.2) is 52.2 Å². The van der Waals surface area contributed by atoms with Crippen LogP contribution in [0.1, 0.15) is 47.4 Å². The highest BCUT2D eigenvalue weighted by atomic mass is 35.5. The summed E-state index contributed by atoms with van der Waals surface area (Å²) in [6, 6.07) is 9.46. The molecule has 1 aromatic carbocycles. The first-order chi connectivity index (χ1) is 16.3. The number of ether oxygens (including phenoxy) is 1. The molecule has 0 amide bonds. The van der Waals surface area contributed by atoms with Crippen LogP contribution in [0.25, 0.3) is 16.8 Å². The predicted molar refractivity (Wildman–Crippen MR) is 127 cm³/mol. The Balaban J connectivity index is 1.66. The van der Waals surface area contributed by atoms with Crippen LogP contribution in [0.4, 0.5) is 4.39 Å². The summed E-state index contributed by atoms with van der Waals surface area (Å²) < 4.78 is 22.2. The number of fused-ring (bicyclic) bond motifs is 1. The van der Waals surface area contributed by atoms with E-state index in [2.05, 4.69) is 15.1 Å². The van der Waals surface area contributed by atoms with Crippen molar-refractivity contribution in [1.29, 1.82) is 0 Å². The van der Waals surface area contributed by atoms with Crippen molar-refractivity contribution in [2.75, 3.05) is 6.61 Å². The molecule has 34 heavy (non-hydrogen) atoms. The van der Waals surface area contributed by atoms with Gasteiger partial charge in [-0.2, -0.15) is 9.61 Å². The van der Waals surface area contributed by atoms with E-state index in [1.165, 1.54) is 16.6 Å². The first kappa shape index (κ1) is 22.4. The molecule has 4 heterocycles. The number of nitrogens with zero attached hydrogens (tertiary/aromatic N) is 3. The van der Waals surface area contributed by atoms with Crippen molar-refractivity contribution in [1.82, 2.24) is 19.6 Å². The van der Waals surface area contributed by atoms with Gasteiger partial charge >= 0.3 is 0 Å². The average molecular weight is 481 g/mol. The van der Waals surface area contributed by atoms with E-state index in [1.807, 2.05) is 6.07 Å². The lowest BCUT2D eigenvalue weighted by molar-refractivity contribution is 0.00428. The molecule has 1 aliphatic rings. The summed E-state index contributed by atoms with van der Waals surface area (Å²) in [5.41, 5.74) is 3.17. The molecular formula is C25H22ClFN4O3. The van der Waals surface area contributed by atoms with Gasteiger partial charge in [0.25, 0.3) is 5.56 Å². The van der Waals surface area contributed by atoms with Crippen LogP contribution in [-0.4, -0.2) is 26.2 Å². The Labute approximate surface area is 199 Å². The van der Waals surface area contributed by atoms with Gasteiger partial charge in [0.05, 0.1) is 11.8 Å². The fourth-order valence-electron chi connectivity index (χ4n) is 4.35. The minimum Gasteiger partial charge on any atom is -0.373 e. The maximum atomic E-state index is 15.0. The van der Waals surface area contributed by atoms with Crippen LogP contribution >= 0.6 is 11.6 Å². The standard InChI is InChI=1S/C25H22ClFN4O3/c1-13-14(2)29-24-19(18-5-4-17(26)10-20(18)27)11-21(30-31(24)25(13)33)15-7-8-34-22(9-15)16-3-6-23(32)28-12-16/h3-6,10-12,15,22H,7-9H2,1-2H3,(H,28,32)/t15-,22+/m0/s1. The number of aromatic amines is 1. The molecule has 0 spiro atoms. The topological polar surface area (TPSA) is 89.3 Å². The summed E-state index contributed by atoms with van der Waals surface area (Å²) in [4.78, 5) is 31.8. The zero-order valence-corrected chi connectivity index (χ0v) is 19.4. The maximum Gasteiger partial charge on any atom is 0.277 e. The van der Waals surface area contributed by atoms with Crippen molar-refractivity contribution in [2.45, 2.75) is 38.7 Å². The van der Waals surface area contributed by atoms with Crippen LogP contribution in [0.3, 0.4) is 0 Å². The van der Waals surface area contributed by atoms with Gasteiger partial charge in [-0.1, -0.05) is 11.6 Å². The first-order valence-electron chi connectivity index (χ1n) is 11.0. The molecule has 9 heteroatoms. The zero-order chi connectivity index (χ0) is 24.0. The molecule has 174 valence electrons. The number of hydrogen-bond donors (Lipinski definition) is 1. The van der Waals surface area contributed by atoms with Crippen molar-refractivity contribution in [3.63, 3.8) is 0 Å². The van der Waals surface area contributed by atoms with E-state index in [9.17, 15) is 14.0 Å². The van der Waals surface area contributed by atoms with E-state index >= 15 is 0 Å². The lowest BCUT2D eigenvalue weighted by Gasteiger charge is -2.29. The van der Waals surface area contributed by atoms with Gasteiger partial charge < -0.3 is 9.72 Å². The van der Waals surface area contributed by atoms with Crippen LogP contribution in [0.2, 0.25) is 5.02 Å². The molecule has 0 bridgehead atoms. The molecule has 0 unspecified atom stereocenters. The van der Waals surface area contributed by atoms with Gasteiger partial charge in [0.2, 0.25) is 5.56 Å². The Hall–Kier alpha value is -3.36. The van der Waals surface area contributed by atoms with Crippen LogP contribution in [0, 0.1) is 19.7 Å². The van der Waals surface area contributed by atoms with Gasteiger partial charge in [-0.3, -0.25) is 9.59 Å². The summed E-state index contributed by atoms with van der Waals surface area (Å²) in [5, 5.41) is 4.94. The van der Waals surface area contributed by atoms with Crippen molar-refractivity contribution in [3.05, 3.63) is 96.7 Å². The second-order valence-corrected chi connectivity index (χ2v) is 8.97. The highest BCUT2D eigenvalue weighted by Gasteiger charge is 2.28. The molecule has 0 radical (unpaired) electrons. The molecule has 1 N–H and O–H groups in total. The number of benzene rings is 1. The number of aromatic nitrogens is 4. The fourth-order valence-corrected chi connectivity index (χ4v) is 4.51. The predicted octanol–water partition coefficient (Wildman–Crippen LogP) is 4.49. The first-order valence-corrected chi connectivity index (χ1v) is 11.4. The van der Waals surface area contributed by atoms with Crippen LogP contribution < -0.4 is 11.1 Å². The summed E-state index contributed by atoms with van der Waals surface area (Å²) in [5.74, 6) is -0.546. The van der Waals surface area contributed by atoms with Crippen molar-refractivity contribution < 1.29 is 9.13 Å². The number of H-pyrrole nitrogens is 1. The third-order valence-corrected chi connectivity index (χ3v) is 6.62. The van der Waals surface area contributed by atoms with E-state index in [4.69, 9.17) is 16.3 Å². The molecule has 7 nitrogen and oxygen atoms in total. The molecule has 1 aliphatic heterocycles. The second kappa shape index (κ2) is 8.77. The molecule has 2 atom stereocenters. The van der Waals surface area contributed by atoms with Gasteiger partial charge in [0.15, 0.2) is 5.65 Å². The van der Waals surface area contributed by atoms with E-state index < -0.39 is 5.82 Å². The Morgan fingerprint density at radius 1 is 1.15 bits per heavy atom. The minimum absolute atomic E-state index is 0.0438. The van der Waals surface area contributed by atoms with Crippen molar-refractivity contribution in [3.8, 4) is 11.1 Å². The Kier molecular flexibility index (Phi) is 5.79. The fraction of sp³-hybridized carbons (Fsp3) is 0.280. The summed E-state index contributed by atoms with van der Waals surface area (Å²) in [6.45, 7) is 3.94. The highest BCUT2D eigenvalue weighted by Crippen LogP contribution is 2.38. The lowest BCUT2D eigenvalue weighted by atomic mass is 9.89. The van der Waals surface area contributed by atoms with E-state index in [0.29, 0.717) is 53.2 Å². The average Bonchev–Trinajstić information content (AvgIpc) is 2.83. The third-order valence-electron chi connectivity index (χ3n) is 6.38. The number of halogens is 2. The van der Waals surface area contributed by atoms with Gasteiger partial charge in [-0.05, 0) is 62.6 Å². The van der Waals surface area contributed by atoms with E-state index in [0.717, 1.165) is 5.56 Å². The monoisotopic (exact) mass is 480 g/mol. The highest BCUT2D eigenvalue weighted by molar-refractivity contribution is 6.30. The smallest absolute Gasteiger partial charge is 0.277 e. The quantitative estimate of drug-likeness (QED) is 0.466. The number of nitrogens with one attached hydrogen (secondary N) is 1. The number of aryl methyl sites for hydroxylation is 1. The Morgan fingerprint density at radius 3 is 2.71 bits per heavy atom. The number of pyridine rings is 1.